The normalized spacial score (nSPS) is 12.1. The van der Waals surface area contributed by atoms with Gasteiger partial charge in [0.1, 0.15) is 0 Å². The van der Waals surface area contributed by atoms with E-state index in [1.807, 2.05) is 0 Å². The summed E-state index contributed by atoms with van der Waals surface area (Å²) in [6, 6.07) is 0. The van der Waals surface area contributed by atoms with Crippen molar-refractivity contribution in [2.45, 2.75) is 129 Å². The molecule has 0 saturated heterocycles. The number of hydrogen-bond donors (Lipinski definition) is 1. The molecular formula is C22H42O4. The Kier molecular flexibility index (Phi) is 18.0. The topological polar surface area (TPSA) is 63.6 Å². The van der Waals surface area contributed by atoms with E-state index in [4.69, 9.17) is 4.74 Å². The van der Waals surface area contributed by atoms with Gasteiger partial charge in [0.25, 0.3) is 0 Å². The van der Waals surface area contributed by atoms with Crippen LogP contribution in [-0.4, -0.2) is 23.1 Å². The van der Waals surface area contributed by atoms with Crippen molar-refractivity contribution in [2.75, 3.05) is 0 Å². The number of carboxylic acid groups (broad SMARTS) is 1. The maximum atomic E-state index is 11.8. The molecule has 0 radical (unpaired) electrons. The Morgan fingerprint density at radius 1 is 0.692 bits per heavy atom. The van der Waals surface area contributed by atoms with Crippen molar-refractivity contribution >= 4 is 11.9 Å². The van der Waals surface area contributed by atoms with Gasteiger partial charge < -0.3 is 9.84 Å². The number of aliphatic carboxylic acids is 1. The second-order valence-electron chi connectivity index (χ2n) is 7.45. The molecule has 0 rings (SSSR count). The predicted octanol–water partition coefficient (Wildman–Crippen LogP) is 6.65. The van der Waals surface area contributed by atoms with Crippen LogP contribution in [0.5, 0.6) is 0 Å². The molecule has 154 valence electrons. The highest BCUT2D eigenvalue weighted by atomic mass is 16.6. The van der Waals surface area contributed by atoms with Gasteiger partial charge in [0.2, 0.25) is 0 Å². The molecule has 0 amide bonds. The minimum atomic E-state index is -1.01. The van der Waals surface area contributed by atoms with Gasteiger partial charge in [0.15, 0.2) is 6.10 Å². The molecule has 0 aromatic rings. The zero-order chi connectivity index (χ0) is 19.5. The fourth-order valence-electron chi connectivity index (χ4n) is 3.14. The van der Waals surface area contributed by atoms with Crippen molar-refractivity contribution in [1.82, 2.24) is 0 Å². The first-order valence-corrected chi connectivity index (χ1v) is 11.0. The molecule has 26 heavy (non-hydrogen) atoms. The molecule has 4 heteroatoms. The van der Waals surface area contributed by atoms with Crippen LogP contribution in [0.1, 0.15) is 123 Å². The molecule has 0 aliphatic carbocycles. The molecule has 4 nitrogen and oxygen atoms in total. The van der Waals surface area contributed by atoms with Gasteiger partial charge in [-0.15, -0.1) is 0 Å². The van der Waals surface area contributed by atoms with E-state index in [0.29, 0.717) is 12.8 Å². The fourth-order valence-corrected chi connectivity index (χ4v) is 3.14. The van der Waals surface area contributed by atoms with Crippen molar-refractivity contribution in [2.24, 2.45) is 0 Å². The van der Waals surface area contributed by atoms with Gasteiger partial charge in [-0.1, -0.05) is 97.3 Å². The summed E-state index contributed by atoms with van der Waals surface area (Å²) in [4.78, 5) is 23.1. The van der Waals surface area contributed by atoms with Crippen LogP contribution in [0, 0.1) is 0 Å². The number of carbonyl (C=O) groups excluding carboxylic acids is 1. The number of rotatable bonds is 19. The molecule has 0 aromatic carbocycles. The maximum Gasteiger partial charge on any atom is 0.345 e. The van der Waals surface area contributed by atoms with Crippen LogP contribution in [0.15, 0.2) is 0 Å². The third-order valence-corrected chi connectivity index (χ3v) is 4.85. The lowest BCUT2D eigenvalue weighted by Crippen LogP contribution is -2.27. The van der Waals surface area contributed by atoms with Crippen LogP contribution < -0.4 is 0 Å². The number of hydrogen-bond acceptors (Lipinski definition) is 3. The molecule has 0 bridgehead atoms. The largest absolute Gasteiger partial charge is 0.479 e. The van der Waals surface area contributed by atoms with Crippen LogP contribution in [0.3, 0.4) is 0 Å². The summed E-state index contributed by atoms with van der Waals surface area (Å²) >= 11 is 0. The number of unbranched alkanes of at least 4 members (excludes halogenated alkanes) is 13. The fraction of sp³-hybridized carbons (Fsp3) is 0.909. The Morgan fingerprint density at radius 2 is 1.12 bits per heavy atom. The Bertz CT molecular complexity index is 341. The maximum absolute atomic E-state index is 11.8. The molecule has 0 aliphatic rings. The Morgan fingerprint density at radius 3 is 1.58 bits per heavy atom. The Balaban J connectivity index is 3.67. The third kappa shape index (κ3) is 16.4. The summed E-state index contributed by atoms with van der Waals surface area (Å²) in [5.74, 6) is -1.37. The standard InChI is InChI=1S/C22H42O4/c1-3-5-7-9-10-11-12-13-15-16-18-20(22(24)25)26-21(23)19-17-14-8-6-4-2/h20H,3-19H2,1-2H3,(H,24,25)/t20-/m1/s1. The molecule has 0 heterocycles. The summed E-state index contributed by atoms with van der Waals surface area (Å²) in [5, 5.41) is 9.23. The third-order valence-electron chi connectivity index (χ3n) is 4.85. The summed E-state index contributed by atoms with van der Waals surface area (Å²) in [5.41, 5.74) is 0. The zero-order valence-electron chi connectivity index (χ0n) is 17.3. The van der Waals surface area contributed by atoms with Gasteiger partial charge >= 0.3 is 11.9 Å². The van der Waals surface area contributed by atoms with E-state index < -0.39 is 12.1 Å². The van der Waals surface area contributed by atoms with Crippen LogP contribution in [-0.2, 0) is 14.3 Å². The van der Waals surface area contributed by atoms with E-state index >= 15 is 0 Å². The summed E-state index contributed by atoms with van der Waals surface area (Å²) in [6.07, 6.45) is 17.2. The predicted molar refractivity (Wildman–Crippen MR) is 107 cm³/mol. The van der Waals surface area contributed by atoms with Gasteiger partial charge in [-0.2, -0.15) is 0 Å². The first-order valence-electron chi connectivity index (χ1n) is 11.0. The van der Waals surface area contributed by atoms with Gasteiger partial charge in [0, 0.05) is 6.42 Å². The van der Waals surface area contributed by atoms with E-state index in [-0.39, 0.29) is 5.97 Å². The lowest BCUT2D eigenvalue weighted by molar-refractivity contribution is -0.164. The van der Waals surface area contributed by atoms with Gasteiger partial charge in [-0.25, -0.2) is 4.79 Å². The second-order valence-corrected chi connectivity index (χ2v) is 7.45. The van der Waals surface area contributed by atoms with E-state index in [2.05, 4.69) is 13.8 Å². The van der Waals surface area contributed by atoms with Crippen molar-refractivity contribution < 1.29 is 19.4 Å². The highest BCUT2D eigenvalue weighted by molar-refractivity contribution is 5.77. The highest BCUT2D eigenvalue weighted by Crippen LogP contribution is 2.14. The average molecular weight is 371 g/mol. The van der Waals surface area contributed by atoms with Crippen LogP contribution >= 0.6 is 0 Å². The molecule has 0 saturated carbocycles. The molecule has 0 aliphatic heterocycles. The van der Waals surface area contributed by atoms with Crippen LogP contribution in [0.25, 0.3) is 0 Å². The smallest absolute Gasteiger partial charge is 0.345 e. The molecule has 0 aromatic heterocycles. The van der Waals surface area contributed by atoms with Crippen molar-refractivity contribution in [1.29, 1.82) is 0 Å². The number of carbonyl (C=O) groups is 2. The summed E-state index contributed by atoms with van der Waals surface area (Å²) in [6.45, 7) is 4.38. The Hall–Kier alpha value is -1.06. The van der Waals surface area contributed by atoms with E-state index in [9.17, 15) is 14.7 Å². The molecule has 1 atom stereocenters. The number of esters is 1. The van der Waals surface area contributed by atoms with Crippen LogP contribution in [0.2, 0.25) is 0 Å². The van der Waals surface area contributed by atoms with Crippen molar-refractivity contribution in [3.05, 3.63) is 0 Å². The van der Waals surface area contributed by atoms with E-state index in [1.165, 1.54) is 57.8 Å². The van der Waals surface area contributed by atoms with E-state index in [1.54, 1.807) is 0 Å². The number of ether oxygens (including phenoxy) is 1. The first-order chi connectivity index (χ1) is 12.6. The quantitative estimate of drug-likeness (QED) is 0.204. The van der Waals surface area contributed by atoms with Crippen LogP contribution in [0.4, 0.5) is 0 Å². The first kappa shape index (κ1) is 24.9. The highest BCUT2D eigenvalue weighted by Gasteiger charge is 2.21. The lowest BCUT2D eigenvalue weighted by Gasteiger charge is -2.13. The summed E-state index contributed by atoms with van der Waals surface area (Å²) in [7, 11) is 0. The average Bonchev–Trinajstić information content (AvgIpc) is 2.62. The minimum Gasteiger partial charge on any atom is -0.479 e. The Labute approximate surface area is 161 Å². The zero-order valence-corrected chi connectivity index (χ0v) is 17.3. The van der Waals surface area contributed by atoms with E-state index in [0.717, 1.165) is 38.5 Å². The molecule has 0 spiro atoms. The summed E-state index contributed by atoms with van der Waals surface area (Å²) < 4.78 is 5.16. The molecular weight excluding hydrogens is 328 g/mol. The van der Waals surface area contributed by atoms with Gasteiger partial charge in [-0.05, 0) is 19.3 Å². The van der Waals surface area contributed by atoms with Crippen molar-refractivity contribution in [3.63, 3.8) is 0 Å². The van der Waals surface area contributed by atoms with Gasteiger partial charge in [-0.3, -0.25) is 4.79 Å². The lowest BCUT2D eigenvalue weighted by atomic mass is 10.0. The second kappa shape index (κ2) is 18.7. The SMILES string of the molecule is CCCCCCCCCCCC[C@@H](OC(=O)CCCCCCC)C(=O)O. The molecule has 0 fully saturated rings. The minimum absolute atomic E-state index is 0.339. The molecule has 0 unspecified atom stereocenters. The molecule has 1 N–H and O–H groups in total. The van der Waals surface area contributed by atoms with Gasteiger partial charge in [0.05, 0.1) is 0 Å². The monoisotopic (exact) mass is 370 g/mol. The van der Waals surface area contributed by atoms with Crippen molar-refractivity contribution in [3.8, 4) is 0 Å². The number of carboxylic acids is 1.